The van der Waals surface area contributed by atoms with Crippen LogP contribution in [0.25, 0.3) is 0 Å². The van der Waals surface area contributed by atoms with Crippen LogP contribution in [-0.2, 0) is 0 Å². The van der Waals surface area contributed by atoms with Gasteiger partial charge in [0, 0.05) is 23.2 Å². The van der Waals surface area contributed by atoms with Gasteiger partial charge in [-0.3, -0.25) is 14.9 Å². The number of aliphatic hydroxyl groups is 2. The number of nitrogens with one attached hydrogen (secondary N) is 1. The fourth-order valence-electron chi connectivity index (χ4n) is 1.17. The van der Waals surface area contributed by atoms with Crippen molar-refractivity contribution >= 4 is 27.5 Å². The molecule has 1 amide bonds. The summed E-state index contributed by atoms with van der Waals surface area (Å²) < 4.78 is 0.407. The molecule has 8 heteroatoms. The minimum atomic E-state index is -1.06. The highest BCUT2D eigenvalue weighted by Gasteiger charge is 2.16. The molecular weight excluding hydrogens is 308 g/mol. The molecule has 1 aromatic rings. The summed E-state index contributed by atoms with van der Waals surface area (Å²) in [5.41, 5.74) is -0.111. The molecule has 0 bridgehead atoms. The number of carbonyl (C=O) groups excluding carboxylic acids is 1. The molecule has 0 saturated carbocycles. The lowest BCUT2D eigenvalue weighted by molar-refractivity contribution is -0.384. The van der Waals surface area contributed by atoms with Crippen molar-refractivity contribution < 1.29 is 19.9 Å². The summed E-state index contributed by atoms with van der Waals surface area (Å²) in [5, 5.41) is 30.6. The van der Waals surface area contributed by atoms with Crippen LogP contribution in [0.2, 0.25) is 0 Å². The van der Waals surface area contributed by atoms with Crippen LogP contribution in [0.5, 0.6) is 0 Å². The fraction of sp³-hybridized carbons (Fsp3) is 0.300. The number of benzene rings is 1. The highest BCUT2D eigenvalue weighted by atomic mass is 79.9. The number of amides is 1. The first kappa shape index (κ1) is 14.6. The van der Waals surface area contributed by atoms with E-state index in [2.05, 4.69) is 21.2 Å². The topological polar surface area (TPSA) is 113 Å². The Kier molecular flexibility index (Phi) is 5.20. The zero-order valence-electron chi connectivity index (χ0n) is 9.17. The van der Waals surface area contributed by atoms with Gasteiger partial charge in [0.1, 0.15) is 0 Å². The van der Waals surface area contributed by atoms with Gasteiger partial charge in [-0.15, -0.1) is 0 Å². The molecule has 0 aromatic heterocycles. The van der Waals surface area contributed by atoms with Crippen LogP contribution in [0, 0.1) is 10.1 Å². The fourth-order valence-corrected chi connectivity index (χ4v) is 1.60. The molecule has 1 atom stereocenters. The number of nitrogens with zero attached hydrogens (tertiary/aromatic N) is 1. The van der Waals surface area contributed by atoms with E-state index in [4.69, 9.17) is 10.2 Å². The summed E-state index contributed by atoms with van der Waals surface area (Å²) in [4.78, 5) is 21.7. The van der Waals surface area contributed by atoms with Crippen LogP contribution in [0.3, 0.4) is 0 Å². The third-order valence-electron chi connectivity index (χ3n) is 2.11. The average molecular weight is 319 g/mol. The number of rotatable bonds is 5. The van der Waals surface area contributed by atoms with E-state index in [1.807, 2.05) is 0 Å². The maximum Gasteiger partial charge on any atom is 0.270 e. The second-order valence-electron chi connectivity index (χ2n) is 3.47. The quantitative estimate of drug-likeness (QED) is 0.538. The van der Waals surface area contributed by atoms with Crippen molar-refractivity contribution in [2.45, 2.75) is 6.10 Å². The SMILES string of the molecule is O=C(NCC(O)CO)c1cc([N+](=O)[O-])ccc1Br. The van der Waals surface area contributed by atoms with E-state index < -0.39 is 23.5 Å². The predicted molar refractivity (Wildman–Crippen MR) is 66.2 cm³/mol. The van der Waals surface area contributed by atoms with Gasteiger partial charge in [-0.2, -0.15) is 0 Å². The number of carbonyl (C=O) groups is 1. The Morgan fingerprint density at radius 1 is 1.56 bits per heavy atom. The van der Waals surface area contributed by atoms with Gasteiger partial charge in [0.15, 0.2) is 0 Å². The van der Waals surface area contributed by atoms with E-state index in [1.54, 1.807) is 0 Å². The molecule has 0 saturated heterocycles. The van der Waals surface area contributed by atoms with Gasteiger partial charge in [0.25, 0.3) is 11.6 Å². The molecule has 0 heterocycles. The summed E-state index contributed by atoms with van der Waals surface area (Å²) in [7, 11) is 0. The lowest BCUT2D eigenvalue weighted by Crippen LogP contribution is -2.34. The maximum absolute atomic E-state index is 11.7. The Balaban J connectivity index is 2.84. The molecule has 0 aliphatic heterocycles. The number of hydrogen-bond donors (Lipinski definition) is 3. The standard InChI is InChI=1S/C10H11BrN2O5/c11-9-2-1-6(13(17)18)3-8(9)10(16)12-4-7(15)5-14/h1-3,7,14-15H,4-5H2,(H,12,16). The zero-order chi connectivity index (χ0) is 13.7. The van der Waals surface area contributed by atoms with Crippen LogP contribution >= 0.6 is 15.9 Å². The highest BCUT2D eigenvalue weighted by Crippen LogP contribution is 2.22. The molecule has 98 valence electrons. The number of non-ortho nitro benzene ring substituents is 1. The molecule has 3 N–H and O–H groups in total. The second kappa shape index (κ2) is 6.43. The van der Waals surface area contributed by atoms with Gasteiger partial charge in [-0.25, -0.2) is 0 Å². The summed E-state index contributed by atoms with van der Waals surface area (Å²) >= 11 is 3.11. The van der Waals surface area contributed by atoms with Crippen LogP contribution in [0.4, 0.5) is 5.69 Å². The molecule has 18 heavy (non-hydrogen) atoms. The average Bonchev–Trinajstić information content (AvgIpc) is 2.35. The van der Waals surface area contributed by atoms with E-state index >= 15 is 0 Å². The Morgan fingerprint density at radius 3 is 2.78 bits per heavy atom. The van der Waals surface area contributed by atoms with Crippen molar-refractivity contribution in [3.8, 4) is 0 Å². The second-order valence-corrected chi connectivity index (χ2v) is 4.32. The Bertz CT molecular complexity index is 466. The number of hydrogen-bond acceptors (Lipinski definition) is 5. The minimum absolute atomic E-state index is 0.0920. The predicted octanol–water partition coefficient (Wildman–Crippen LogP) is 0.440. The molecule has 0 aliphatic rings. The van der Waals surface area contributed by atoms with Crippen molar-refractivity contribution in [1.29, 1.82) is 0 Å². The Hall–Kier alpha value is -1.51. The lowest BCUT2D eigenvalue weighted by atomic mass is 10.2. The number of nitro groups is 1. The summed E-state index contributed by atoms with van der Waals surface area (Å²) in [6.07, 6.45) is -1.06. The molecule has 0 spiro atoms. The number of halogens is 1. The molecule has 1 unspecified atom stereocenters. The van der Waals surface area contributed by atoms with Crippen molar-refractivity contribution in [1.82, 2.24) is 5.32 Å². The van der Waals surface area contributed by atoms with E-state index in [9.17, 15) is 14.9 Å². The minimum Gasteiger partial charge on any atom is -0.394 e. The van der Waals surface area contributed by atoms with Crippen molar-refractivity contribution in [3.05, 3.63) is 38.3 Å². The first-order chi connectivity index (χ1) is 8.45. The van der Waals surface area contributed by atoms with Gasteiger partial charge in [-0.05, 0) is 22.0 Å². The first-order valence-electron chi connectivity index (χ1n) is 4.96. The van der Waals surface area contributed by atoms with Crippen LogP contribution < -0.4 is 5.32 Å². The lowest BCUT2D eigenvalue weighted by Gasteiger charge is -2.09. The van der Waals surface area contributed by atoms with Crippen LogP contribution in [0.15, 0.2) is 22.7 Å². The summed E-state index contributed by atoms with van der Waals surface area (Å²) in [5.74, 6) is -0.571. The summed E-state index contributed by atoms with van der Waals surface area (Å²) in [6.45, 7) is -0.610. The molecule has 0 radical (unpaired) electrons. The van der Waals surface area contributed by atoms with Gasteiger partial charge in [0.2, 0.25) is 0 Å². The third-order valence-corrected chi connectivity index (χ3v) is 2.81. The van der Waals surface area contributed by atoms with E-state index in [-0.39, 0.29) is 17.8 Å². The van der Waals surface area contributed by atoms with Gasteiger partial charge in [-0.1, -0.05) is 0 Å². The number of nitro benzene ring substituents is 1. The Morgan fingerprint density at radius 2 is 2.22 bits per heavy atom. The number of aliphatic hydroxyl groups excluding tert-OH is 2. The first-order valence-corrected chi connectivity index (χ1v) is 5.76. The van der Waals surface area contributed by atoms with Gasteiger partial charge < -0.3 is 15.5 Å². The molecule has 1 aromatic carbocycles. The molecule has 7 nitrogen and oxygen atoms in total. The molecule has 0 fully saturated rings. The van der Waals surface area contributed by atoms with Crippen LogP contribution in [-0.4, -0.2) is 40.3 Å². The van der Waals surface area contributed by atoms with E-state index in [0.717, 1.165) is 6.07 Å². The van der Waals surface area contributed by atoms with Gasteiger partial charge in [0.05, 0.1) is 23.2 Å². The van der Waals surface area contributed by atoms with Crippen molar-refractivity contribution in [3.63, 3.8) is 0 Å². The molecular formula is C10H11BrN2O5. The molecule has 1 rings (SSSR count). The van der Waals surface area contributed by atoms with Gasteiger partial charge >= 0.3 is 0 Å². The van der Waals surface area contributed by atoms with Crippen molar-refractivity contribution in [2.24, 2.45) is 0 Å². The van der Waals surface area contributed by atoms with E-state index in [1.165, 1.54) is 12.1 Å². The summed E-state index contributed by atoms with van der Waals surface area (Å²) in [6, 6.07) is 3.80. The van der Waals surface area contributed by atoms with Crippen molar-refractivity contribution in [2.75, 3.05) is 13.2 Å². The zero-order valence-corrected chi connectivity index (χ0v) is 10.8. The largest absolute Gasteiger partial charge is 0.394 e. The third kappa shape index (κ3) is 3.76. The maximum atomic E-state index is 11.7. The highest BCUT2D eigenvalue weighted by molar-refractivity contribution is 9.10. The van der Waals surface area contributed by atoms with E-state index in [0.29, 0.717) is 4.47 Å². The van der Waals surface area contributed by atoms with Crippen LogP contribution in [0.1, 0.15) is 10.4 Å². The Labute approximate surface area is 111 Å². The monoisotopic (exact) mass is 318 g/mol. The smallest absolute Gasteiger partial charge is 0.270 e. The normalized spacial score (nSPS) is 11.9. The molecule has 0 aliphatic carbocycles.